The maximum Gasteiger partial charge on any atom is 0.261 e. The van der Waals surface area contributed by atoms with Crippen LogP contribution in [0.1, 0.15) is 6.92 Å². The van der Waals surface area contributed by atoms with Crippen LogP contribution in [0.4, 0.5) is 5.69 Å². The molecule has 0 saturated carbocycles. The molecule has 30 heavy (non-hydrogen) atoms. The van der Waals surface area contributed by atoms with Gasteiger partial charge in [0.1, 0.15) is 0 Å². The first-order valence-corrected chi connectivity index (χ1v) is 10.5. The first kappa shape index (κ1) is 19.9. The molecule has 0 aliphatic carbocycles. The molecule has 1 N–H and O–H groups in total. The second-order valence-corrected chi connectivity index (χ2v) is 8.24. The summed E-state index contributed by atoms with van der Waals surface area (Å²) in [6.45, 7) is 1.81. The van der Waals surface area contributed by atoms with E-state index in [1.54, 1.807) is 13.1 Å². The smallest absolute Gasteiger partial charge is 0.261 e. The zero-order chi connectivity index (χ0) is 21.1. The van der Waals surface area contributed by atoms with Crippen LogP contribution in [0.5, 0.6) is 0 Å². The van der Waals surface area contributed by atoms with E-state index in [0.717, 1.165) is 16.8 Å². The van der Waals surface area contributed by atoms with Gasteiger partial charge in [0.25, 0.3) is 5.56 Å². The molecule has 6 heteroatoms. The van der Waals surface area contributed by atoms with Gasteiger partial charge in [-0.05, 0) is 30.7 Å². The van der Waals surface area contributed by atoms with E-state index in [0.29, 0.717) is 16.1 Å². The van der Waals surface area contributed by atoms with Crippen molar-refractivity contribution in [2.75, 3.05) is 5.32 Å². The number of amides is 1. The molecule has 1 aromatic heterocycles. The Kier molecular flexibility index (Phi) is 5.68. The molecule has 0 spiro atoms. The van der Waals surface area contributed by atoms with E-state index in [2.05, 4.69) is 10.3 Å². The summed E-state index contributed by atoms with van der Waals surface area (Å²) in [5, 5.41) is 3.67. The van der Waals surface area contributed by atoms with Crippen molar-refractivity contribution in [2.24, 2.45) is 7.05 Å². The Bertz CT molecular complexity index is 1270. The van der Waals surface area contributed by atoms with E-state index < -0.39 is 5.25 Å². The summed E-state index contributed by atoms with van der Waals surface area (Å²) in [7, 11) is 1.68. The van der Waals surface area contributed by atoms with E-state index in [1.807, 2.05) is 79.7 Å². The molecule has 0 radical (unpaired) electrons. The Hall–Kier alpha value is -3.38. The number of hydrogen-bond acceptors (Lipinski definition) is 4. The van der Waals surface area contributed by atoms with Gasteiger partial charge in [-0.3, -0.25) is 14.2 Å². The highest BCUT2D eigenvalue weighted by atomic mass is 32.2. The van der Waals surface area contributed by atoms with Gasteiger partial charge in [0.15, 0.2) is 5.16 Å². The molecule has 3 aromatic carbocycles. The van der Waals surface area contributed by atoms with Crippen molar-refractivity contribution in [3.63, 3.8) is 0 Å². The van der Waals surface area contributed by atoms with Crippen LogP contribution in [0, 0.1) is 0 Å². The molecule has 4 aromatic rings. The monoisotopic (exact) mass is 415 g/mol. The fourth-order valence-electron chi connectivity index (χ4n) is 3.21. The van der Waals surface area contributed by atoms with Gasteiger partial charge >= 0.3 is 0 Å². The Balaban J connectivity index is 1.57. The van der Waals surface area contributed by atoms with Crippen LogP contribution in [0.25, 0.3) is 22.0 Å². The molecule has 1 amide bonds. The van der Waals surface area contributed by atoms with Crippen molar-refractivity contribution in [3.8, 4) is 11.1 Å². The quantitative estimate of drug-likeness (QED) is 0.378. The molecular weight excluding hydrogens is 394 g/mol. The van der Waals surface area contributed by atoms with Crippen molar-refractivity contribution >= 4 is 34.3 Å². The molecule has 1 atom stereocenters. The molecule has 4 rings (SSSR count). The third kappa shape index (κ3) is 4.00. The average Bonchev–Trinajstić information content (AvgIpc) is 2.78. The van der Waals surface area contributed by atoms with Gasteiger partial charge in [-0.1, -0.05) is 72.4 Å². The summed E-state index contributed by atoms with van der Waals surface area (Å²) in [5.74, 6) is -0.147. The minimum atomic E-state index is -0.437. The molecule has 0 unspecified atom stereocenters. The highest BCUT2D eigenvalue weighted by molar-refractivity contribution is 8.00. The minimum absolute atomic E-state index is 0.120. The fourth-order valence-corrected chi connectivity index (χ4v) is 4.08. The molecule has 150 valence electrons. The van der Waals surface area contributed by atoms with Gasteiger partial charge in [-0.2, -0.15) is 0 Å². The number of anilines is 1. The maximum atomic E-state index is 12.9. The van der Waals surface area contributed by atoms with Gasteiger partial charge in [-0.15, -0.1) is 0 Å². The standard InChI is InChI=1S/C24H21N3O2S/c1-16(30-24-26-21-15-9-7-13-19(21)23(29)27(24)2)22(28)25-20-14-8-6-12-18(20)17-10-4-3-5-11-17/h3-16H,1-2H3,(H,25,28)/t16-/m1/s1. The number of carbonyl (C=O) groups excluding carboxylic acids is 1. The normalized spacial score (nSPS) is 11.9. The zero-order valence-electron chi connectivity index (χ0n) is 16.7. The van der Waals surface area contributed by atoms with Crippen molar-refractivity contribution < 1.29 is 4.79 Å². The number of para-hydroxylation sites is 2. The van der Waals surface area contributed by atoms with Gasteiger partial charge in [0, 0.05) is 18.3 Å². The van der Waals surface area contributed by atoms with E-state index in [4.69, 9.17) is 0 Å². The number of nitrogens with zero attached hydrogens (tertiary/aromatic N) is 2. The number of aromatic nitrogens is 2. The third-order valence-electron chi connectivity index (χ3n) is 4.86. The van der Waals surface area contributed by atoms with E-state index in [9.17, 15) is 9.59 Å². The number of fused-ring (bicyclic) bond motifs is 1. The SMILES string of the molecule is C[C@@H](Sc1nc2ccccc2c(=O)n1C)C(=O)Nc1ccccc1-c1ccccc1. The van der Waals surface area contributed by atoms with Crippen LogP contribution in [0.3, 0.4) is 0 Å². The summed E-state index contributed by atoms with van der Waals surface area (Å²) in [6.07, 6.45) is 0. The molecule has 0 fully saturated rings. The Morgan fingerprint density at radius 2 is 1.63 bits per heavy atom. The van der Waals surface area contributed by atoms with Crippen LogP contribution in [0.2, 0.25) is 0 Å². The number of rotatable bonds is 5. The van der Waals surface area contributed by atoms with Gasteiger partial charge in [0.05, 0.1) is 16.2 Å². The molecule has 0 bridgehead atoms. The van der Waals surface area contributed by atoms with Crippen LogP contribution in [-0.2, 0) is 11.8 Å². The van der Waals surface area contributed by atoms with Gasteiger partial charge in [0.2, 0.25) is 5.91 Å². The lowest BCUT2D eigenvalue weighted by Gasteiger charge is -2.16. The van der Waals surface area contributed by atoms with Gasteiger partial charge < -0.3 is 5.32 Å². The molecule has 0 saturated heterocycles. The molecule has 5 nitrogen and oxygen atoms in total. The number of thioether (sulfide) groups is 1. The first-order chi connectivity index (χ1) is 14.5. The molecule has 0 aliphatic rings. The van der Waals surface area contributed by atoms with Crippen LogP contribution in [0.15, 0.2) is 88.8 Å². The fraction of sp³-hybridized carbons (Fsp3) is 0.125. The van der Waals surface area contributed by atoms with E-state index in [-0.39, 0.29) is 11.5 Å². The first-order valence-electron chi connectivity index (χ1n) is 9.62. The lowest BCUT2D eigenvalue weighted by Crippen LogP contribution is -2.25. The Morgan fingerprint density at radius 1 is 0.967 bits per heavy atom. The average molecular weight is 416 g/mol. The van der Waals surface area contributed by atoms with Crippen molar-refractivity contribution in [2.45, 2.75) is 17.3 Å². The minimum Gasteiger partial charge on any atom is -0.325 e. The molecule has 1 heterocycles. The number of carbonyl (C=O) groups is 1. The van der Waals surface area contributed by atoms with Crippen LogP contribution in [-0.4, -0.2) is 20.7 Å². The lowest BCUT2D eigenvalue weighted by atomic mass is 10.0. The summed E-state index contributed by atoms with van der Waals surface area (Å²) in [6, 6.07) is 24.9. The topological polar surface area (TPSA) is 64.0 Å². The zero-order valence-corrected chi connectivity index (χ0v) is 17.5. The highest BCUT2D eigenvalue weighted by Gasteiger charge is 2.19. The number of hydrogen-bond donors (Lipinski definition) is 1. The second kappa shape index (κ2) is 8.55. The summed E-state index contributed by atoms with van der Waals surface area (Å²) in [5.41, 5.74) is 3.25. The van der Waals surface area contributed by atoms with Crippen molar-refractivity contribution in [3.05, 3.63) is 89.2 Å². The van der Waals surface area contributed by atoms with Crippen LogP contribution < -0.4 is 10.9 Å². The third-order valence-corrected chi connectivity index (χ3v) is 6.01. The van der Waals surface area contributed by atoms with E-state index >= 15 is 0 Å². The van der Waals surface area contributed by atoms with Crippen molar-refractivity contribution in [1.82, 2.24) is 9.55 Å². The summed E-state index contributed by atoms with van der Waals surface area (Å²) < 4.78 is 1.49. The van der Waals surface area contributed by atoms with Gasteiger partial charge in [-0.25, -0.2) is 4.98 Å². The maximum absolute atomic E-state index is 12.9. The highest BCUT2D eigenvalue weighted by Crippen LogP contribution is 2.29. The largest absolute Gasteiger partial charge is 0.325 e. The van der Waals surface area contributed by atoms with Crippen molar-refractivity contribution in [1.29, 1.82) is 0 Å². The van der Waals surface area contributed by atoms with Crippen LogP contribution >= 0.6 is 11.8 Å². The predicted octanol–water partition coefficient (Wildman–Crippen LogP) is 4.72. The summed E-state index contributed by atoms with van der Waals surface area (Å²) in [4.78, 5) is 30.1. The number of nitrogens with one attached hydrogen (secondary N) is 1. The second-order valence-electron chi connectivity index (χ2n) is 6.94. The predicted molar refractivity (Wildman–Crippen MR) is 123 cm³/mol. The summed E-state index contributed by atoms with van der Waals surface area (Å²) >= 11 is 1.27. The molecular formula is C24H21N3O2S. The Morgan fingerprint density at radius 3 is 2.43 bits per heavy atom. The molecule has 0 aliphatic heterocycles. The van der Waals surface area contributed by atoms with E-state index in [1.165, 1.54) is 16.3 Å². The number of benzene rings is 3. The Labute approximate surface area is 178 Å². The lowest BCUT2D eigenvalue weighted by molar-refractivity contribution is -0.115.